The maximum absolute atomic E-state index is 13.4. The average Bonchev–Trinajstić information content (AvgIpc) is 3.45. The Kier molecular flexibility index (Phi) is 7.34. The minimum absolute atomic E-state index is 0.00482. The second kappa shape index (κ2) is 10.1. The number of hydrogen-bond acceptors (Lipinski definition) is 5. The molecule has 2 fully saturated rings. The maximum Gasteiger partial charge on any atom is 0.295 e. The zero-order valence-corrected chi connectivity index (χ0v) is 21.7. The van der Waals surface area contributed by atoms with E-state index in [1.165, 1.54) is 20.3 Å². The highest BCUT2D eigenvalue weighted by Gasteiger charge is 2.49. The van der Waals surface area contributed by atoms with Crippen molar-refractivity contribution in [1.82, 2.24) is 4.90 Å². The van der Waals surface area contributed by atoms with E-state index in [1.54, 1.807) is 4.90 Å². The molecule has 1 amide bonds. The van der Waals surface area contributed by atoms with Gasteiger partial charge in [-0.2, -0.15) is 0 Å². The maximum atomic E-state index is 13.4. The van der Waals surface area contributed by atoms with E-state index < -0.39 is 17.7 Å². The summed E-state index contributed by atoms with van der Waals surface area (Å²) in [7, 11) is 2.81. The predicted octanol–water partition coefficient (Wildman–Crippen LogP) is 6.50. The topological polar surface area (TPSA) is 76.1 Å². The Bertz CT molecular complexity index is 1180. The standard InChI is InChI=1S/C27H29Cl2NO5/c1-14(2)15-9-11-16(12-10-15)22-20(24(32)27(33)30(22)17-7-5-6-8-17)23(31)18-13-19(28)26(35-4)21(29)25(18)34-3/h9-14,17,22,31H,5-8H2,1-4H3/b23-20+. The first-order chi connectivity index (χ1) is 16.7. The number of Topliss-reactive ketones (excluding diaryl/α,β-unsaturated/α-hetero) is 1. The van der Waals surface area contributed by atoms with Gasteiger partial charge in [0.1, 0.15) is 10.8 Å². The summed E-state index contributed by atoms with van der Waals surface area (Å²) >= 11 is 12.8. The molecule has 2 aromatic rings. The molecule has 1 saturated carbocycles. The van der Waals surface area contributed by atoms with Crippen molar-refractivity contribution in [3.05, 3.63) is 62.6 Å². The second-order valence-electron chi connectivity index (χ2n) is 9.25. The molecule has 0 aromatic heterocycles. The Morgan fingerprint density at radius 3 is 2.17 bits per heavy atom. The fourth-order valence-electron chi connectivity index (χ4n) is 5.09. The van der Waals surface area contributed by atoms with Crippen LogP contribution in [0.5, 0.6) is 11.5 Å². The highest BCUT2D eigenvalue weighted by atomic mass is 35.5. The fraction of sp³-hybridized carbons (Fsp3) is 0.407. The van der Waals surface area contributed by atoms with Gasteiger partial charge in [0, 0.05) is 6.04 Å². The SMILES string of the molecule is COc1c(Cl)cc(/C(O)=C2\C(=O)C(=O)N(C3CCCC3)C2c2ccc(C(C)C)cc2)c(OC)c1Cl. The van der Waals surface area contributed by atoms with Crippen molar-refractivity contribution in [1.29, 1.82) is 0 Å². The van der Waals surface area contributed by atoms with Gasteiger partial charge in [-0.15, -0.1) is 0 Å². The van der Waals surface area contributed by atoms with Crippen molar-refractivity contribution in [2.75, 3.05) is 14.2 Å². The molecule has 1 heterocycles. The lowest BCUT2D eigenvalue weighted by atomic mass is 9.92. The minimum Gasteiger partial charge on any atom is -0.507 e. The van der Waals surface area contributed by atoms with Crippen LogP contribution in [0.3, 0.4) is 0 Å². The normalized spacial score (nSPS) is 20.2. The van der Waals surface area contributed by atoms with Crippen molar-refractivity contribution in [2.45, 2.75) is 57.5 Å². The summed E-state index contributed by atoms with van der Waals surface area (Å²) in [5.41, 5.74) is 2.01. The van der Waals surface area contributed by atoms with Gasteiger partial charge < -0.3 is 19.5 Å². The summed E-state index contributed by atoms with van der Waals surface area (Å²) in [4.78, 5) is 28.4. The lowest BCUT2D eigenvalue weighted by Gasteiger charge is -2.31. The number of methoxy groups -OCH3 is 2. The number of aliphatic hydroxyl groups is 1. The molecule has 0 radical (unpaired) electrons. The number of carbonyl (C=O) groups excluding carboxylic acids is 2. The highest BCUT2D eigenvalue weighted by molar-refractivity contribution is 6.47. The van der Waals surface area contributed by atoms with Crippen LogP contribution in [0.1, 0.15) is 68.2 Å². The number of carbonyl (C=O) groups is 2. The van der Waals surface area contributed by atoms with Crippen LogP contribution in [0.2, 0.25) is 10.0 Å². The summed E-state index contributed by atoms with van der Waals surface area (Å²) in [5.74, 6) is -1.11. The van der Waals surface area contributed by atoms with Gasteiger partial charge in [0.25, 0.3) is 11.7 Å². The van der Waals surface area contributed by atoms with Crippen LogP contribution >= 0.6 is 23.2 Å². The van der Waals surface area contributed by atoms with Crippen LogP contribution in [0, 0.1) is 0 Å². The van der Waals surface area contributed by atoms with Gasteiger partial charge in [-0.05, 0) is 36.0 Å². The quantitative estimate of drug-likeness (QED) is 0.269. The third kappa shape index (κ3) is 4.38. The van der Waals surface area contributed by atoms with E-state index in [-0.39, 0.29) is 44.5 Å². The molecule has 1 saturated heterocycles. The summed E-state index contributed by atoms with van der Waals surface area (Å²) in [5, 5.41) is 11.7. The van der Waals surface area contributed by atoms with Gasteiger partial charge in [-0.25, -0.2) is 0 Å². The van der Waals surface area contributed by atoms with Crippen LogP contribution < -0.4 is 9.47 Å². The van der Waals surface area contributed by atoms with Gasteiger partial charge >= 0.3 is 0 Å². The highest BCUT2D eigenvalue weighted by Crippen LogP contribution is 2.48. The number of benzene rings is 2. The molecule has 1 N–H and O–H groups in total. The molecule has 2 aliphatic rings. The molecular weight excluding hydrogens is 489 g/mol. The molecule has 8 heteroatoms. The number of ketones is 1. The molecular formula is C27H29Cl2NO5. The van der Waals surface area contributed by atoms with Gasteiger partial charge in [-0.1, -0.05) is 74.2 Å². The number of aliphatic hydroxyl groups excluding tert-OH is 1. The summed E-state index contributed by atoms with van der Waals surface area (Å²) < 4.78 is 10.7. The van der Waals surface area contributed by atoms with Crippen LogP contribution in [-0.4, -0.2) is 42.0 Å². The number of likely N-dealkylation sites (tertiary alicyclic amines) is 1. The summed E-state index contributed by atoms with van der Waals surface area (Å²) in [6.07, 6.45) is 3.61. The zero-order valence-electron chi connectivity index (χ0n) is 20.2. The molecule has 0 spiro atoms. The third-order valence-electron chi connectivity index (χ3n) is 6.91. The first-order valence-corrected chi connectivity index (χ1v) is 12.5. The van der Waals surface area contributed by atoms with Crippen molar-refractivity contribution in [3.8, 4) is 11.5 Å². The Morgan fingerprint density at radius 2 is 1.63 bits per heavy atom. The van der Waals surface area contributed by atoms with Gasteiger partial charge in [-0.3, -0.25) is 9.59 Å². The molecule has 1 unspecified atom stereocenters. The largest absolute Gasteiger partial charge is 0.507 e. The number of hydrogen-bond donors (Lipinski definition) is 1. The Hall–Kier alpha value is -2.70. The number of nitrogens with zero attached hydrogens (tertiary/aromatic N) is 1. The molecule has 1 aliphatic heterocycles. The summed E-state index contributed by atoms with van der Waals surface area (Å²) in [6.45, 7) is 4.20. The predicted molar refractivity (Wildman–Crippen MR) is 136 cm³/mol. The Labute approximate surface area is 215 Å². The van der Waals surface area contributed by atoms with E-state index in [2.05, 4.69) is 13.8 Å². The molecule has 1 atom stereocenters. The molecule has 186 valence electrons. The van der Waals surface area contributed by atoms with E-state index in [4.69, 9.17) is 32.7 Å². The number of ether oxygens (including phenoxy) is 2. The molecule has 4 rings (SSSR count). The molecule has 2 aromatic carbocycles. The molecule has 35 heavy (non-hydrogen) atoms. The lowest BCUT2D eigenvalue weighted by Crippen LogP contribution is -2.37. The van der Waals surface area contributed by atoms with Crippen molar-refractivity contribution < 1.29 is 24.2 Å². The summed E-state index contributed by atoms with van der Waals surface area (Å²) in [6, 6.07) is 8.47. The number of amides is 1. The van der Waals surface area contributed by atoms with E-state index in [9.17, 15) is 14.7 Å². The Balaban J connectivity index is 1.94. The van der Waals surface area contributed by atoms with E-state index in [0.29, 0.717) is 5.92 Å². The Morgan fingerprint density at radius 1 is 1.03 bits per heavy atom. The molecule has 1 aliphatic carbocycles. The lowest BCUT2D eigenvalue weighted by molar-refractivity contribution is -0.141. The van der Waals surface area contributed by atoms with Gasteiger partial charge in [0.05, 0.1) is 36.4 Å². The number of rotatable bonds is 6. The van der Waals surface area contributed by atoms with Crippen LogP contribution in [0.4, 0.5) is 0 Å². The van der Waals surface area contributed by atoms with Crippen LogP contribution in [-0.2, 0) is 9.59 Å². The van der Waals surface area contributed by atoms with Gasteiger partial charge in [0.15, 0.2) is 11.5 Å². The van der Waals surface area contributed by atoms with Gasteiger partial charge in [0.2, 0.25) is 0 Å². The van der Waals surface area contributed by atoms with E-state index >= 15 is 0 Å². The zero-order chi connectivity index (χ0) is 25.4. The fourth-order valence-corrected chi connectivity index (χ4v) is 5.78. The first-order valence-electron chi connectivity index (χ1n) is 11.7. The van der Waals surface area contributed by atoms with Crippen molar-refractivity contribution in [3.63, 3.8) is 0 Å². The monoisotopic (exact) mass is 517 g/mol. The van der Waals surface area contributed by atoms with Crippen molar-refractivity contribution in [2.24, 2.45) is 0 Å². The van der Waals surface area contributed by atoms with E-state index in [0.717, 1.165) is 36.8 Å². The van der Waals surface area contributed by atoms with E-state index in [1.807, 2.05) is 24.3 Å². The minimum atomic E-state index is -0.738. The molecule has 6 nitrogen and oxygen atoms in total. The van der Waals surface area contributed by atoms with Crippen molar-refractivity contribution >= 4 is 40.7 Å². The number of halogens is 2. The van der Waals surface area contributed by atoms with Crippen LogP contribution in [0.15, 0.2) is 35.9 Å². The smallest absolute Gasteiger partial charge is 0.295 e. The average molecular weight is 518 g/mol. The van der Waals surface area contributed by atoms with Crippen LogP contribution in [0.25, 0.3) is 5.76 Å². The molecule has 0 bridgehead atoms. The first kappa shape index (κ1) is 25.4. The second-order valence-corrected chi connectivity index (χ2v) is 10.0. The third-order valence-corrected chi connectivity index (χ3v) is 7.54.